The third kappa shape index (κ3) is 3.05. The van der Waals surface area contributed by atoms with Crippen molar-refractivity contribution in [3.05, 3.63) is 35.4 Å². The van der Waals surface area contributed by atoms with E-state index in [2.05, 4.69) is 0 Å². The summed E-state index contributed by atoms with van der Waals surface area (Å²) in [6.45, 7) is 6.94. The van der Waals surface area contributed by atoms with Gasteiger partial charge in [0.25, 0.3) is 0 Å². The molecule has 15 heavy (non-hydrogen) atoms. The minimum absolute atomic E-state index is 0.455. The Morgan fingerprint density at radius 2 is 1.47 bits per heavy atom. The van der Waals surface area contributed by atoms with E-state index >= 15 is 0 Å². The van der Waals surface area contributed by atoms with Crippen molar-refractivity contribution in [1.29, 1.82) is 0 Å². The lowest BCUT2D eigenvalue weighted by atomic mass is 9.82. The number of hydrogen-bond acceptors (Lipinski definition) is 2. The molecule has 0 fully saturated rings. The smallest absolute Gasteiger partial charge is 0.0940 e. The van der Waals surface area contributed by atoms with Gasteiger partial charge >= 0.3 is 0 Å². The minimum Gasteiger partial charge on any atom is -0.387 e. The van der Waals surface area contributed by atoms with Gasteiger partial charge in [-0.15, -0.1) is 0 Å². The molecular weight excluding hydrogens is 188 g/mol. The van der Waals surface area contributed by atoms with Gasteiger partial charge in [0.1, 0.15) is 0 Å². The van der Waals surface area contributed by atoms with Gasteiger partial charge in [0.15, 0.2) is 0 Å². The van der Waals surface area contributed by atoms with Crippen LogP contribution in [0.5, 0.6) is 0 Å². The van der Waals surface area contributed by atoms with Crippen LogP contribution in [0.3, 0.4) is 0 Å². The molecule has 0 aliphatic heterocycles. The van der Waals surface area contributed by atoms with Crippen LogP contribution in [0.1, 0.15) is 31.9 Å². The zero-order valence-corrected chi connectivity index (χ0v) is 9.91. The molecule has 0 aliphatic carbocycles. The van der Waals surface area contributed by atoms with E-state index in [-0.39, 0.29) is 0 Å². The lowest BCUT2D eigenvalue weighted by Gasteiger charge is -2.35. The molecular formula is C13H20O2. The Morgan fingerprint density at radius 1 is 1.00 bits per heavy atom. The highest BCUT2D eigenvalue weighted by molar-refractivity contribution is 5.23. The third-order valence-electron chi connectivity index (χ3n) is 2.99. The van der Waals surface area contributed by atoms with Crippen LogP contribution in [0.4, 0.5) is 0 Å². The normalized spacial score (nSPS) is 16.1. The summed E-state index contributed by atoms with van der Waals surface area (Å²) in [5.74, 6) is 0. The molecule has 0 radical (unpaired) electrons. The second-order valence-corrected chi connectivity index (χ2v) is 5.00. The fraction of sp³-hybridized carbons (Fsp3) is 0.538. The highest BCUT2D eigenvalue weighted by Crippen LogP contribution is 2.25. The van der Waals surface area contributed by atoms with Gasteiger partial charge in [-0.3, -0.25) is 0 Å². The number of rotatable bonds is 3. The first-order valence-corrected chi connectivity index (χ1v) is 5.23. The van der Waals surface area contributed by atoms with Crippen LogP contribution in [0.15, 0.2) is 24.3 Å². The maximum Gasteiger partial charge on any atom is 0.0940 e. The highest BCUT2D eigenvalue weighted by Gasteiger charge is 2.37. The molecule has 1 atom stereocenters. The van der Waals surface area contributed by atoms with Crippen molar-refractivity contribution in [2.24, 2.45) is 0 Å². The molecule has 1 aromatic rings. The molecule has 1 aromatic carbocycles. The molecule has 2 N–H and O–H groups in total. The van der Waals surface area contributed by atoms with Crippen molar-refractivity contribution in [2.45, 2.75) is 45.3 Å². The molecule has 0 saturated heterocycles. The summed E-state index contributed by atoms with van der Waals surface area (Å²) in [4.78, 5) is 0. The first-order valence-electron chi connectivity index (χ1n) is 5.23. The summed E-state index contributed by atoms with van der Waals surface area (Å²) in [6.07, 6.45) is 0.455. The second kappa shape index (κ2) is 3.95. The van der Waals surface area contributed by atoms with E-state index in [4.69, 9.17) is 0 Å². The Kier molecular flexibility index (Phi) is 3.22. The van der Waals surface area contributed by atoms with E-state index in [9.17, 15) is 10.2 Å². The van der Waals surface area contributed by atoms with E-state index in [1.807, 2.05) is 31.2 Å². The van der Waals surface area contributed by atoms with E-state index < -0.39 is 11.2 Å². The van der Waals surface area contributed by atoms with Crippen molar-refractivity contribution < 1.29 is 10.2 Å². The van der Waals surface area contributed by atoms with Crippen LogP contribution >= 0.6 is 0 Å². The predicted octanol–water partition coefficient (Wildman–Crippen LogP) is 2.06. The summed E-state index contributed by atoms with van der Waals surface area (Å²) in [7, 11) is 0. The van der Waals surface area contributed by atoms with Crippen molar-refractivity contribution in [3.8, 4) is 0 Å². The molecule has 2 nitrogen and oxygen atoms in total. The van der Waals surface area contributed by atoms with Gasteiger partial charge in [-0.2, -0.15) is 0 Å². The van der Waals surface area contributed by atoms with Gasteiger partial charge in [0.2, 0.25) is 0 Å². The van der Waals surface area contributed by atoms with Gasteiger partial charge < -0.3 is 10.2 Å². The molecule has 0 aromatic heterocycles. The molecule has 0 heterocycles. The summed E-state index contributed by atoms with van der Waals surface area (Å²) >= 11 is 0. The summed E-state index contributed by atoms with van der Waals surface area (Å²) in [6, 6.07) is 7.98. The van der Waals surface area contributed by atoms with Crippen LogP contribution in [-0.4, -0.2) is 21.4 Å². The minimum atomic E-state index is -1.11. The molecule has 1 rings (SSSR count). The largest absolute Gasteiger partial charge is 0.387 e. The zero-order chi connectivity index (χ0) is 11.7. The summed E-state index contributed by atoms with van der Waals surface area (Å²) in [5, 5.41) is 19.9. The number of aryl methyl sites for hydroxylation is 1. The quantitative estimate of drug-likeness (QED) is 0.798. The average Bonchev–Trinajstić information content (AvgIpc) is 2.06. The summed E-state index contributed by atoms with van der Waals surface area (Å²) < 4.78 is 0. The van der Waals surface area contributed by atoms with Gasteiger partial charge in [0.05, 0.1) is 11.2 Å². The Labute approximate surface area is 91.6 Å². The molecule has 0 amide bonds. The van der Waals surface area contributed by atoms with Crippen LogP contribution in [-0.2, 0) is 6.42 Å². The standard InChI is InChI=1S/C13H20O2/c1-10-5-7-11(8-6-10)9-13(4,15)12(2,3)14/h5-8,14-15H,9H2,1-4H3. The third-order valence-corrected chi connectivity index (χ3v) is 2.99. The van der Waals surface area contributed by atoms with Crippen LogP contribution < -0.4 is 0 Å². The number of hydrogen-bond donors (Lipinski definition) is 2. The lowest BCUT2D eigenvalue weighted by molar-refractivity contribution is -0.118. The first-order chi connectivity index (χ1) is 6.72. The summed E-state index contributed by atoms with van der Waals surface area (Å²) in [5.41, 5.74) is 0.0227. The SMILES string of the molecule is Cc1ccc(CC(C)(O)C(C)(C)O)cc1. The van der Waals surface area contributed by atoms with Gasteiger partial charge in [-0.05, 0) is 33.3 Å². The van der Waals surface area contributed by atoms with Gasteiger partial charge in [0, 0.05) is 6.42 Å². The number of benzene rings is 1. The average molecular weight is 208 g/mol. The molecule has 84 valence electrons. The fourth-order valence-electron chi connectivity index (χ4n) is 1.32. The van der Waals surface area contributed by atoms with E-state index in [1.165, 1.54) is 5.56 Å². The second-order valence-electron chi connectivity index (χ2n) is 5.00. The van der Waals surface area contributed by atoms with Gasteiger partial charge in [-0.1, -0.05) is 29.8 Å². The van der Waals surface area contributed by atoms with Crippen molar-refractivity contribution in [2.75, 3.05) is 0 Å². The van der Waals surface area contributed by atoms with Crippen molar-refractivity contribution >= 4 is 0 Å². The Balaban J connectivity index is 2.82. The van der Waals surface area contributed by atoms with E-state index in [1.54, 1.807) is 20.8 Å². The van der Waals surface area contributed by atoms with Crippen LogP contribution in [0.2, 0.25) is 0 Å². The molecule has 1 unspecified atom stereocenters. The van der Waals surface area contributed by atoms with Crippen molar-refractivity contribution in [3.63, 3.8) is 0 Å². The monoisotopic (exact) mass is 208 g/mol. The highest BCUT2D eigenvalue weighted by atomic mass is 16.3. The molecule has 0 spiro atoms. The number of aliphatic hydroxyl groups is 2. The van der Waals surface area contributed by atoms with E-state index in [0.717, 1.165) is 5.56 Å². The maximum atomic E-state index is 10.1. The first kappa shape index (κ1) is 12.2. The zero-order valence-electron chi connectivity index (χ0n) is 9.91. The Hall–Kier alpha value is -0.860. The molecule has 0 aliphatic rings. The molecule has 0 bridgehead atoms. The molecule has 2 heteroatoms. The lowest BCUT2D eigenvalue weighted by Crippen LogP contribution is -2.49. The Morgan fingerprint density at radius 3 is 1.87 bits per heavy atom. The Bertz CT molecular complexity index is 317. The van der Waals surface area contributed by atoms with Crippen LogP contribution in [0, 0.1) is 6.92 Å². The van der Waals surface area contributed by atoms with Crippen molar-refractivity contribution in [1.82, 2.24) is 0 Å². The topological polar surface area (TPSA) is 40.5 Å². The van der Waals surface area contributed by atoms with E-state index in [0.29, 0.717) is 6.42 Å². The van der Waals surface area contributed by atoms with Gasteiger partial charge in [-0.25, -0.2) is 0 Å². The molecule has 0 saturated carbocycles. The van der Waals surface area contributed by atoms with Crippen LogP contribution in [0.25, 0.3) is 0 Å². The maximum absolute atomic E-state index is 10.1. The predicted molar refractivity (Wildman–Crippen MR) is 61.8 cm³/mol. The fourth-order valence-corrected chi connectivity index (χ4v) is 1.32.